The van der Waals surface area contributed by atoms with Gasteiger partial charge in [-0.2, -0.15) is 0 Å². The molecule has 0 aliphatic rings. The first-order valence-corrected chi connectivity index (χ1v) is 6.65. The Kier molecular flexibility index (Phi) is 5.19. The largest absolute Gasteiger partial charge is 0.289 e. The Bertz CT molecular complexity index is 868. The summed E-state index contributed by atoms with van der Waals surface area (Å²) in [5, 5.41) is 1.90. The minimum atomic E-state index is -0.774. The van der Waals surface area contributed by atoms with Gasteiger partial charge in [0.2, 0.25) is 0 Å². The Labute approximate surface area is 137 Å². The van der Waals surface area contributed by atoms with Crippen molar-refractivity contribution in [3.05, 3.63) is 83.7 Å². The van der Waals surface area contributed by atoms with Gasteiger partial charge in [-0.25, -0.2) is 8.78 Å². The molecule has 0 spiro atoms. The van der Waals surface area contributed by atoms with Crippen molar-refractivity contribution >= 4 is 35.0 Å². The van der Waals surface area contributed by atoms with Crippen molar-refractivity contribution < 1.29 is 13.6 Å². The third-order valence-corrected chi connectivity index (χ3v) is 3.26. The van der Waals surface area contributed by atoms with Crippen LogP contribution in [0.5, 0.6) is 0 Å². The van der Waals surface area contributed by atoms with Crippen LogP contribution < -0.4 is 0 Å². The summed E-state index contributed by atoms with van der Waals surface area (Å²) in [6.07, 6.45) is 6.26. The zero-order valence-electron chi connectivity index (χ0n) is 11.9. The average molecular weight is 332 g/mol. The molecule has 2 nitrogen and oxygen atoms in total. The van der Waals surface area contributed by atoms with Crippen LogP contribution in [0.4, 0.5) is 8.78 Å². The second kappa shape index (κ2) is 7.11. The molecule has 3 rings (SSSR count). The van der Waals surface area contributed by atoms with Crippen molar-refractivity contribution in [3.63, 3.8) is 0 Å². The highest BCUT2D eigenvalue weighted by Crippen LogP contribution is 2.18. The number of benzene rings is 2. The van der Waals surface area contributed by atoms with Crippen LogP contribution in [-0.4, -0.2) is 10.8 Å². The predicted molar refractivity (Wildman–Crippen MR) is 88.7 cm³/mol. The van der Waals surface area contributed by atoms with E-state index in [1.165, 1.54) is 6.08 Å². The molecule has 0 atom stereocenters. The Morgan fingerprint density at radius 3 is 2.43 bits per heavy atom. The third-order valence-electron chi connectivity index (χ3n) is 3.26. The van der Waals surface area contributed by atoms with Crippen molar-refractivity contribution in [1.82, 2.24) is 4.98 Å². The van der Waals surface area contributed by atoms with Crippen LogP contribution in [0.1, 0.15) is 15.9 Å². The minimum absolute atomic E-state index is 0. The van der Waals surface area contributed by atoms with E-state index in [4.69, 9.17) is 0 Å². The lowest BCUT2D eigenvalue weighted by molar-refractivity contribution is 0.104. The van der Waals surface area contributed by atoms with Gasteiger partial charge in [0, 0.05) is 35.0 Å². The second-order valence-corrected chi connectivity index (χ2v) is 4.81. The molecule has 0 unspecified atom stereocenters. The molecule has 23 heavy (non-hydrogen) atoms. The molecular weight excluding hydrogens is 320 g/mol. The number of aromatic nitrogens is 1. The highest BCUT2D eigenvalue weighted by molar-refractivity contribution is 6.07. The van der Waals surface area contributed by atoms with Gasteiger partial charge in [0.25, 0.3) is 0 Å². The molecule has 0 saturated carbocycles. The quantitative estimate of drug-likeness (QED) is 0.508. The molecule has 1 aromatic heterocycles. The second-order valence-electron chi connectivity index (χ2n) is 4.81. The zero-order chi connectivity index (χ0) is 15.5. The topological polar surface area (TPSA) is 30.0 Å². The van der Waals surface area contributed by atoms with Crippen LogP contribution in [0.2, 0.25) is 0 Å². The van der Waals surface area contributed by atoms with Crippen LogP contribution in [0.15, 0.2) is 60.9 Å². The van der Waals surface area contributed by atoms with Gasteiger partial charge >= 0.3 is 0 Å². The molecule has 3 aromatic rings. The van der Waals surface area contributed by atoms with Gasteiger partial charge in [-0.05, 0) is 29.7 Å². The van der Waals surface area contributed by atoms with E-state index in [0.29, 0.717) is 0 Å². The van der Waals surface area contributed by atoms with Gasteiger partial charge in [0.15, 0.2) is 5.78 Å². The van der Waals surface area contributed by atoms with Crippen molar-refractivity contribution in [2.24, 2.45) is 0 Å². The lowest BCUT2D eigenvalue weighted by Gasteiger charge is -2.01. The summed E-state index contributed by atoms with van der Waals surface area (Å²) in [5.41, 5.74) is 0.741. The molecule has 5 heteroatoms. The molecule has 0 bridgehead atoms. The summed E-state index contributed by atoms with van der Waals surface area (Å²) < 4.78 is 26.3. The molecule has 0 radical (unpaired) electrons. The average Bonchev–Trinajstić information content (AvgIpc) is 2.51. The van der Waals surface area contributed by atoms with Crippen LogP contribution in [0.3, 0.4) is 0 Å². The minimum Gasteiger partial charge on any atom is -0.289 e. The summed E-state index contributed by atoms with van der Waals surface area (Å²) in [5.74, 6) is -2.02. The number of pyridine rings is 1. The Hall–Kier alpha value is -2.59. The monoisotopic (exact) mass is 331 g/mol. The van der Waals surface area contributed by atoms with E-state index in [-0.39, 0.29) is 18.0 Å². The van der Waals surface area contributed by atoms with E-state index in [9.17, 15) is 13.6 Å². The summed E-state index contributed by atoms with van der Waals surface area (Å²) in [7, 11) is 0. The number of carbonyl (C=O) groups excluding carboxylic acids is 1. The molecule has 0 amide bonds. The summed E-state index contributed by atoms with van der Waals surface area (Å²) in [4.78, 5) is 16.1. The van der Waals surface area contributed by atoms with E-state index >= 15 is 0 Å². The standard InChI is InChI=1S/C18H11F2NO.ClH/c19-15-7-14(8-16(20)9-15)18(22)6-5-13-11-21-10-12-3-1-2-4-17(12)13;/h1-11H;1H/b6-5+;. The summed E-state index contributed by atoms with van der Waals surface area (Å²) in [6, 6.07) is 10.4. The number of hydrogen-bond donors (Lipinski definition) is 0. The fourth-order valence-corrected chi connectivity index (χ4v) is 2.23. The SMILES string of the molecule is Cl.O=C(/C=C/c1cncc2ccccc12)c1cc(F)cc(F)c1. The lowest BCUT2D eigenvalue weighted by Crippen LogP contribution is -1.96. The smallest absolute Gasteiger partial charge is 0.186 e. The molecule has 0 saturated heterocycles. The Morgan fingerprint density at radius 1 is 1.00 bits per heavy atom. The van der Waals surface area contributed by atoms with Crippen molar-refractivity contribution in [2.75, 3.05) is 0 Å². The first-order chi connectivity index (χ1) is 10.6. The fraction of sp³-hybridized carbons (Fsp3) is 0. The van der Waals surface area contributed by atoms with E-state index in [2.05, 4.69) is 4.98 Å². The maximum Gasteiger partial charge on any atom is 0.186 e. The highest BCUT2D eigenvalue weighted by Gasteiger charge is 2.06. The number of ketones is 1. The molecule has 0 aliphatic heterocycles. The van der Waals surface area contributed by atoms with Crippen LogP contribution in [0.25, 0.3) is 16.8 Å². The fourth-order valence-electron chi connectivity index (χ4n) is 2.23. The highest BCUT2D eigenvalue weighted by atomic mass is 35.5. The normalized spacial score (nSPS) is 10.7. The summed E-state index contributed by atoms with van der Waals surface area (Å²) in [6.45, 7) is 0. The number of carbonyl (C=O) groups is 1. The number of hydrogen-bond acceptors (Lipinski definition) is 2. The molecule has 2 aromatic carbocycles. The number of rotatable bonds is 3. The number of allylic oxidation sites excluding steroid dienone is 1. The van der Waals surface area contributed by atoms with Crippen LogP contribution >= 0.6 is 12.4 Å². The van der Waals surface area contributed by atoms with Gasteiger partial charge in [-0.3, -0.25) is 9.78 Å². The van der Waals surface area contributed by atoms with Gasteiger partial charge in [0.1, 0.15) is 11.6 Å². The number of halogens is 3. The van der Waals surface area contributed by atoms with Crippen LogP contribution in [-0.2, 0) is 0 Å². The predicted octanol–water partition coefficient (Wildman–Crippen LogP) is 4.83. The zero-order valence-corrected chi connectivity index (χ0v) is 12.7. The molecule has 116 valence electrons. The molecule has 0 N–H and O–H groups in total. The van der Waals surface area contributed by atoms with Crippen LogP contribution in [0, 0.1) is 11.6 Å². The van der Waals surface area contributed by atoms with Gasteiger partial charge < -0.3 is 0 Å². The van der Waals surface area contributed by atoms with Crippen molar-refractivity contribution in [3.8, 4) is 0 Å². The molecule has 0 fully saturated rings. The number of nitrogens with zero attached hydrogens (tertiary/aromatic N) is 1. The summed E-state index contributed by atoms with van der Waals surface area (Å²) >= 11 is 0. The first kappa shape index (κ1) is 16.8. The van der Waals surface area contributed by atoms with E-state index in [0.717, 1.165) is 34.5 Å². The van der Waals surface area contributed by atoms with Gasteiger partial charge in [-0.15, -0.1) is 12.4 Å². The molecule has 1 heterocycles. The molecule has 0 aliphatic carbocycles. The Balaban J connectivity index is 0.00000192. The number of fused-ring (bicyclic) bond motifs is 1. The first-order valence-electron chi connectivity index (χ1n) is 6.65. The maximum absolute atomic E-state index is 13.1. The van der Waals surface area contributed by atoms with Crippen molar-refractivity contribution in [1.29, 1.82) is 0 Å². The van der Waals surface area contributed by atoms with Crippen molar-refractivity contribution in [2.45, 2.75) is 0 Å². The van der Waals surface area contributed by atoms with E-state index in [1.54, 1.807) is 18.5 Å². The van der Waals surface area contributed by atoms with E-state index < -0.39 is 17.4 Å². The van der Waals surface area contributed by atoms with Gasteiger partial charge in [0.05, 0.1) is 0 Å². The van der Waals surface area contributed by atoms with E-state index in [1.807, 2.05) is 24.3 Å². The molecular formula is C18H12ClF2NO. The van der Waals surface area contributed by atoms with Gasteiger partial charge in [-0.1, -0.05) is 24.3 Å². The third kappa shape index (κ3) is 3.79. The lowest BCUT2D eigenvalue weighted by atomic mass is 10.1. The Morgan fingerprint density at radius 2 is 1.70 bits per heavy atom. The maximum atomic E-state index is 13.1.